The number of aromatic amines is 1. The third kappa shape index (κ3) is 7.79. The molecule has 1 aliphatic carbocycles. The number of aromatic nitrogens is 4. The Balaban J connectivity index is 1.57. The van der Waals surface area contributed by atoms with Gasteiger partial charge in [0.05, 0.1) is 41.3 Å². The van der Waals surface area contributed by atoms with Crippen molar-refractivity contribution in [3.05, 3.63) is 47.0 Å². The van der Waals surface area contributed by atoms with Gasteiger partial charge in [-0.25, -0.2) is 22.5 Å². The summed E-state index contributed by atoms with van der Waals surface area (Å²) in [5, 5.41) is 9.23. The largest absolute Gasteiger partial charge is 0.389 e. The monoisotopic (exact) mass is 604 g/mol. The van der Waals surface area contributed by atoms with Gasteiger partial charge >= 0.3 is 6.18 Å². The summed E-state index contributed by atoms with van der Waals surface area (Å²) in [4.78, 5) is 32.9. The highest BCUT2D eigenvalue weighted by Gasteiger charge is 2.40. The maximum Gasteiger partial charge on any atom is 0.389 e. The highest BCUT2D eigenvalue weighted by molar-refractivity contribution is 5.95. The van der Waals surface area contributed by atoms with Crippen LogP contribution in [0.25, 0.3) is 11.0 Å². The van der Waals surface area contributed by atoms with Crippen LogP contribution >= 0.6 is 0 Å². The normalized spacial score (nSPS) is 17.4. The fourth-order valence-corrected chi connectivity index (χ4v) is 5.12. The molecule has 1 fully saturated rings. The highest BCUT2D eigenvalue weighted by Crippen LogP contribution is 2.41. The zero-order valence-electron chi connectivity index (χ0n) is 22.9. The molecule has 3 N–H and O–H groups in total. The van der Waals surface area contributed by atoms with Gasteiger partial charge < -0.3 is 15.6 Å². The van der Waals surface area contributed by atoms with E-state index >= 15 is 0 Å². The number of H-pyrrole nitrogens is 1. The number of imidazole rings is 1. The molecule has 0 unspecified atom stereocenters. The van der Waals surface area contributed by atoms with Gasteiger partial charge in [-0.2, -0.15) is 18.3 Å². The van der Waals surface area contributed by atoms with Gasteiger partial charge in [-0.3, -0.25) is 14.3 Å². The van der Waals surface area contributed by atoms with E-state index in [9.17, 15) is 40.3 Å². The van der Waals surface area contributed by atoms with E-state index in [4.69, 9.17) is 0 Å². The van der Waals surface area contributed by atoms with Crippen LogP contribution in [0.15, 0.2) is 24.4 Å². The van der Waals surface area contributed by atoms with Crippen LogP contribution in [0.1, 0.15) is 85.0 Å². The minimum Gasteiger partial charge on any atom is -0.350 e. The average molecular weight is 605 g/mol. The number of halogens is 7. The molecule has 2 aromatic heterocycles. The molecule has 15 heteroatoms. The molecule has 3 aromatic rings. The van der Waals surface area contributed by atoms with Crippen molar-refractivity contribution in [1.82, 2.24) is 30.4 Å². The lowest BCUT2D eigenvalue weighted by Crippen LogP contribution is -2.38. The van der Waals surface area contributed by atoms with Gasteiger partial charge in [-0.1, -0.05) is 6.07 Å². The van der Waals surface area contributed by atoms with Crippen LogP contribution in [-0.4, -0.2) is 50.1 Å². The Morgan fingerprint density at radius 3 is 2.50 bits per heavy atom. The lowest BCUT2D eigenvalue weighted by Gasteiger charge is -2.33. The Morgan fingerprint density at radius 2 is 1.86 bits per heavy atom. The van der Waals surface area contributed by atoms with Crippen molar-refractivity contribution in [3.8, 4) is 0 Å². The Morgan fingerprint density at radius 1 is 1.17 bits per heavy atom. The standard InChI is InChI=1S/C27H31F7N6O2/c1-14(36-22(41)7-10-27(32,33)34)17-3-4-19-20(11-17)38-24(37-19)23(16-5-8-26(30,31)9-6-16)39-25(42)18-12-35-40(15(18)2)13-21(28)29/h3-4,11-12,14,16,21,23H,5-10,13H2,1-2H3,(H,36,41)(H,37,38)(H,39,42)/t14-,23+/m1/s1. The number of benzene rings is 1. The number of hydrogen-bond acceptors (Lipinski definition) is 4. The van der Waals surface area contributed by atoms with Crippen molar-refractivity contribution in [2.45, 2.75) is 89.5 Å². The van der Waals surface area contributed by atoms with Gasteiger partial charge in [0.25, 0.3) is 12.3 Å². The van der Waals surface area contributed by atoms with Gasteiger partial charge in [-0.15, -0.1) is 0 Å². The van der Waals surface area contributed by atoms with Gasteiger partial charge in [0.15, 0.2) is 0 Å². The number of nitrogens with zero attached hydrogens (tertiary/aromatic N) is 3. The second kappa shape index (κ2) is 12.3. The first kappa shape index (κ1) is 31.3. The van der Waals surface area contributed by atoms with Crippen molar-refractivity contribution in [2.75, 3.05) is 0 Å². The fourth-order valence-electron chi connectivity index (χ4n) is 5.12. The Labute approximate surface area is 236 Å². The van der Waals surface area contributed by atoms with E-state index < -0.39 is 67.7 Å². The Bertz CT molecular complexity index is 1410. The third-order valence-corrected chi connectivity index (χ3v) is 7.51. The van der Waals surface area contributed by atoms with Crippen LogP contribution in [0, 0.1) is 12.8 Å². The van der Waals surface area contributed by atoms with E-state index in [1.54, 1.807) is 25.1 Å². The molecule has 2 atom stereocenters. The average Bonchev–Trinajstić information content (AvgIpc) is 3.48. The van der Waals surface area contributed by atoms with E-state index in [1.807, 2.05) is 0 Å². The number of carbonyl (C=O) groups excluding carboxylic acids is 2. The molecule has 0 saturated heterocycles. The van der Waals surface area contributed by atoms with Crippen LogP contribution in [0.3, 0.4) is 0 Å². The fraction of sp³-hybridized carbons (Fsp3) is 0.556. The van der Waals surface area contributed by atoms with Crippen molar-refractivity contribution in [1.29, 1.82) is 0 Å². The first-order valence-electron chi connectivity index (χ1n) is 13.5. The summed E-state index contributed by atoms with van der Waals surface area (Å²) in [5.41, 5.74) is 1.85. The van der Waals surface area contributed by atoms with Gasteiger partial charge in [0.2, 0.25) is 11.8 Å². The van der Waals surface area contributed by atoms with E-state index in [2.05, 4.69) is 25.7 Å². The van der Waals surface area contributed by atoms with E-state index in [0.29, 0.717) is 22.4 Å². The number of alkyl halides is 7. The van der Waals surface area contributed by atoms with E-state index in [-0.39, 0.29) is 36.9 Å². The molecule has 1 saturated carbocycles. The van der Waals surface area contributed by atoms with Crippen LogP contribution in [0.2, 0.25) is 0 Å². The number of fused-ring (bicyclic) bond motifs is 1. The van der Waals surface area contributed by atoms with Gasteiger partial charge in [0, 0.05) is 25.0 Å². The predicted molar refractivity (Wildman–Crippen MR) is 138 cm³/mol. The lowest BCUT2D eigenvalue weighted by molar-refractivity contribution is -0.144. The summed E-state index contributed by atoms with van der Waals surface area (Å²) in [5.74, 6) is -4.30. The van der Waals surface area contributed by atoms with Crippen molar-refractivity contribution < 1.29 is 40.3 Å². The first-order chi connectivity index (χ1) is 19.6. The van der Waals surface area contributed by atoms with E-state index in [1.165, 1.54) is 13.1 Å². The van der Waals surface area contributed by atoms with Crippen LogP contribution in [0.4, 0.5) is 30.7 Å². The molecule has 0 bridgehead atoms. The molecule has 0 radical (unpaired) electrons. The summed E-state index contributed by atoms with van der Waals surface area (Å²) in [6.45, 7) is 2.41. The Hall–Kier alpha value is -3.65. The molecule has 0 aliphatic heterocycles. The number of nitrogens with one attached hydrogen (secondary N) is 3. The molecule has 8 nitrogen and oxygen atoms in total. The summed E-state index contributed by atoms with van der Waals surface area (Å²) in [6, 6.07) is 3.51. The zero-order chi connectivity index (χ0) is 30.8. The van der Waals surface area contributed by atoms with E-state index in [0.717, 1.165) is 4.68 Å². The molecular weight excluding hydrogens is 573 g/mol. The van der Waals surface area contributed by atoms with Crippen molar-refractivity contribution >= 4 is 22.8 Å². The van der Waals surface area contributed by atoms with Crippen molar-refractivity contribution in [3.63, 3.8) is 0 Å². The summed E-state index contributed by atoms with van der Waals surface area (Å²) < 4.78 is 92.0. The smallest absolute Gasteiger partial charge is 0.350 e. The quantitative estimate of drug-likeness (QED) is 0.242. The van der Waals surface area contributed by atoms with Crippen LogP contribution < -0.4 is 10.6 Å². The first-order valence-corrected chi connectivity index (χ1v) is 13.5. The minimum absolute atomic E-state index is 0.0651. The molecular formula is C27H31F7N6O2. The number of carbonyl (C=O) groups is 2. The lowest BCUT2D eigenvalue weighted by atomic mass is 9.81. The molecule has 4 rings (SSSR count). The summed E-state index contributed by atoms with van der Waals surface area (Å²) in [6.07, 6.45) is -8.42. The molecule has 1 aliphatic rings. The van der Waals surface area contributed by atoms with Crippen molar-refractivity contribution in [2.24, 2.45) is 5.92 Å². The molecule has 0 spiro atoms. The topological polar surface area (TPSA) is 105 Å². The van der Waals surface area contributed by atoms with Gasteiger partial charge in [0.1, 0.15) is 12.4 Å². The number of amides is 2. The highest BCUT2D eigenvalue weighted by atomic mass is 19.4. The SMILES string of the molecule is Cc1c(C(=O)N[C@H](c2nc3ccc([C@@H](C)NC(=O)CCC(F)(F)F)cc3[nH]2)C2CCC(F)(F)CC2)cnn1CC(F)F. The number of hydrogen-bond donors (Lipinski definition) is 3. The number of rotatable bonds is 10. The van der Waals surface area contributed by atoms with Crippen LogP contribution in [0.5, 0.6) is 0 Å². The maximum atomic E-state index is 13.9. The summed E-state index contributed by atoms with van der Waals surface area (Å²) >= 11 is 0. The predicted octanol–water partition coefficient (Wildman–Crippen LogP) is 6.15. The molecule has 2 heterocycles. The molecule has 2 amide bonds. The minimum atomic E-state index is -4.45. The van der Waals surface area contributed by atoms with Gasteiger partial charge in [-0.05, 0) is 50.3 Å². The molecule has 42 heavy (non-hydrogen) atoms. The molecule has 1 aromatic carbocycles. The second-order valence-electron chi connectivity index (χ2n) is 10.7. The third-order valence-electron chi connectivity index (χ3n) is 7.51. The zero-order valence-corrected chi connectivity index (χ0v) is 22.9. The Kier molecular flexibility index (Phi) is 9.16. The molecule has 230 valence electrons. The second-order valence-corrected chi connectivity index (χ2v) is 10.7. The maximum absolute atomic E-state index is 13.9. The van der Waals surface area contributed by atoms with Crippen LogP contribution in [-0.2, 0) is 11.3 Å². The summed E-state index contributed by atoms with van der Waals surface area (Å²) in [7, 11) is 0.